The van der Waals surface area contributed by atoms with E-state index in [0.29, 0.717) is 4.88 Å². The van der Waals surface area contributed by atoms with Gasteiger partial charge in [-0.3, -0.25) is 4.57 Å². The number of rotatable bonds is 5. The number of thiophene rings is 1. The molecule has 4 atom stereocenters. The summed E-state index contributed by atoms with van der Waals surface area (Å²) in [6.07, 6.45) is -3.81. The molecule has 3 heterocycles. The van der Waals surface area contributed by atoms with Crippen molar-refractivity contribution in [2.45, 2.75) is 43.3 Å². The Labute approximate surface area is 159 Å². The highest BCUT2D eigenvalue weighted by atomic mass is 32.2. The molecule has 3 rings (SSSR count). The lowest BCUT2D eigenvalue weighted by Crippen LogP contribution is -2.40. The Bertz CT molecular complexity index is 1000. The number of nitrogens with one attached hydrogen (secondary N) is 1. The molecule has 1 fully saturated rings. The van der Waals surface area contributed by atoms with Gasteiger partial charge in [0.1, 0.15) is 24.1 Å². The molecule has 27 heavy (non-hydrogen) atoms. The first-order valence-electron chi connectivity index (χ1n) is 8.03. The summed E-state index contributed by atoms with van der Waals surface area (Å²) >= 11 is 1.36. The lowest BCUT2D eigenvalue weighted by molar-refractivity contribution is -0.0379. The number of aliphatic hydroxyl groups is 2. The number of aryl methyl sites for hydroxylation is 2. The molecular formula is C15H20N4O6S2. The average molecular weight is 416 g/mol. The number of aliphatic hydroxyl groups excluding tert-OH is 2. The second kappa shape index (κ2) is 7.30. The molecule has 0 unspecified atom stereocenters. The zero-order valence-corrected chi connectivity index (χ0v) is 16.2. The number of aromatic nitrogens is 2. The van der Waals surface area contributed by atoms with Gasteiger partial charge in [0, 0.05) is 22.5 Å². The van der Waals surface area contributed by atoms with Crippen molar-refractivity contribution in [3.05, 3.63) is 38.6 Å². The molecule has 0 aromatic carbocycles. The van der Waals surface area contributed by atoms with Gasteiger partial charge in [-0.2, -0.15) is 4.98 Å². The normalized spacial score (nSPS) is 25.8. The minimum Gasteiger partial charge on any atom is -0.387 e. The number of hydrogen-bond acceptors (Lipinski definition) is 9. The average Bonchev–Trinajstić information content (AvgIpc) is 3.07. The van der Waals surface area contributed by atoms with Gasteiger partial charge in [-0.05, 0) is 26.0 Å². The van der Waals surface area contributed by atoms with Crippen LogP contribution in [0.5, 0.6) is 0 Å². The molecule has 0 saturated carbocycles. The van der Waals surface area contributed by atoms with Gasteiger partial charge in [-0.15, -0.1) is 11.3 Å². The van der Waals surface area contributed by atoms with Crippen LogP contribution in [0.25, 0.3) is 0 Å². The van der Waals surface area contributed by atoms with E-state index in [0.717, 1.165) is 9.44 Å². The van der Waals surface area contributed by atoms with E-state index in [9.17, 15) is 23.4 Å². The zero-order valence-electron chi connectivity index (χ0n) is 14.6. The standard InChI is InChI=1S/C15H20N4O6S2/c1-7-5-10(8(2)26-7)27(23,24)17-6-9-12(20)13(21)14(25-9)19-4-3-11(16)18-15(19)22/h3-5,9,12-14,17,20-21H,6H2,1-2H3,(H2,16,18,22)/t9-,12-,13-,14-/m1/s1. The van der Waals surface area contributed by atoms with Crippen LogP contribution in [-0.2, 0) is 14.8 Å². The first-order chi connectivity index (χ1) is 12.6. The van der Waals surface area contributed by atoms with Crippen molar-refractivity contribution in [1.29, 1.82) is 0 Å². The fourth-order valence-electron chi connectivity index (χ4n) is 2.89. The van der Waals surface area contributed by atoms with Gasteiger partial charge < -0.3 is 20.7 Å². The molecule has 12 heteroatoms. The van der Waals surface area contributed by atoms with E-state index in [1.165, 1.54) is 23.6 Å². The van der Waals surface area contributed by atoms with E-state index in [4.69, 9.17) is 10.5 Å². The third-order valence-corrected chi connectivity index (χ3v) is 6.87. The molecule has 10 nitrogen and oxygen atoms in total. The van der Waals surface area contributed by atoms with Gasteiger partial charge in [0.25, 0.3) is 0 Å². The molecule has 1 aliphatic heterocycles. The summed E-state index contributed by atoms with van der Waals surface area (Å²) in [4.78, 5) is 17.1. The Hall–Kier alpha value is -1.83. The van der Waals surface area contributed by atoms with Crippen molar-refractivity contribution in [2.75, 3.05) is 12.3 Å². The number of ether oxygens (including phenoxy) is 1. The second-order valence-corrected chi connectivity index (χ2v) is 9.41. The predicted octanol–water partition coefficient (Wildman–Crippen LogP) is -0.898. The largest absolute Gasteiger partial charge is 0.387 e. The SMILES string of the molecule is Cc1cc(S(=O)(=O)NC[C@H]2O[C@@H](n3ccc(N)nc3=O)[C@H](O)[C@@H]2O)c(C)s1. The molecule has 0 bridgehead atoms. The van der Waals surface area contributed by atoms with Crippen molar-refractivity contribution in [3.63, 3.8) is 0 Å². The lowest BCUT2D eigenvalue weighted by atomic mass is 10.1. The Morgan fingerprint density at radius 3 is 2.67 bits per heavy atom. The number of nitrogen functional groups attached to an aromatic ring is 1. The summed E-state index contributed by atoms with van der Waals surface area (Å²) in [5.74, 6) is 0.00928. The number of sulfonamides is 1. The van der Waals surface area contributed by atoms with Crippen LogP contribution in [0.15, 0.2) is 28.0 Å². The van der Waals surface area contributed by atoms with Gasteiger partial charge in [-0.25, -0.2) is 17.9 Å². The summed E-state index contributed by atoms with van der Waals surface area (Å²) in [5.41, 5.74) is 4.67. The Morgan fingerprint density at radius 1 is 1.37 bits per heavy atom. The molecule has 0 amide bonds. The molecule has 5 N–H and O–H groups in total. The fourth-order valence-corrected chi connectivity index (χ4v) is 5.49. The Balaban J connectivity index is 1.75. The van der Waals surface area contributed by atoms with Crippen LogP contribution in [0.4, 0.5) is 5.82 Å². The van der Waals surface area contributed by atoms with Gasteiger partial charge in [0.05, 0.1) is 4.90 Å². The summed E-state index contributed by atoms with van der Waals surface area (Å²) in [6, 6.07) is 2.91. The van der Waals surface area contributed by atoms with Crippen molar-refractivity contribution in [2.24, 2.45) is 0 Å². The number of anilines is 1. The topological polar surface area (TPSA) is 157 Å². The van der Waals surface area contributed by atoms with E-state index in [1.54, 1.807) is 19.9 Å². The molecule has 2 aromatic heterocycles. The Kier molecular flexibility index (Phi) is 5.38. The maximum atomic E-state index is 12.5. The molecule has 2 aromatic rings. The highest BCUT2D eigenvalue weighted by molar-refractivity contribution is 7.89. The molecule has 0 spiro atoms. The van der Waals surface area contributed by atoms with E-state index < -0.39 is 40.3 Å². The van der Waals surface area contributed by atoms with Crippen LogP contribution >= 0.6 is 11.3 Å². The molecule has 148 valence electrons. The molecule has 0 aliphatic carbocycles. The lowest BCUT2D eigenvalue weighted by Gasteiger charge is -2.17. The number of hydrogen-bond donors (Lipinski definition) is 4. The summed E-state index contributed by atoms with van der Waals surface area (Å²) in [7, 11) is -3.80. The predicted molar refractivity (Wildman–Crippen MR) is 97.8 cm³/mol. The third-order valence-electron chi connectivity index (χ3n) is 4.22. The zero-order chi connectivity index (χ0) is 19.9. The van der Waals surface area contributed by atoms with E-state index in [1.807, 2.05) is 0 Å². The number of nitrogens with two attached hydrogens (primary N) is 1. The summed E-state index contributed by atoms with van der Waals surface area (Å²) < 4.78 is 33.8. The second-order valence-electron chi connectivity index (χ2n) is 6.22. The van der Waals surface area contributed by atoms with Crippen LogP contribution in [0.2, 0.25) is 0 Å². The minimum absolute atomic E-state index is 0.00928. The van der Waals surface area contributed by atoms with Crippen molar-refractivity contribution in [3.8, 4) is 0 Å². The van der Waals surface area contributed by atoms with Crippen LogP contribution in [0.3, 0.4) is 0 Å². The maximum Gasteiger partial charge on any atom is 0.351 e. The van der Waals surface area contributed by atoms with Crippen LogP contribution in [0, 0.1) is 13.8 Å². The quantitative estimate of drug-likeness (QED) is 0.488. The van der Waals surface area contributed by atoms with Gasteiger partial charge >= 0.3 is 5.69 Å². The fraction of sp³-hybridized carbons (Fsp3) is 0.467. The van der Waals surface area contributed by atoms with Gasteiger partial charge in [0.2, 0.25) is 10.0 Å². The molecule has 0 radical (unpaired) electrons. The van der Waals surface area contributed by atoms with Crippen molar-refractivity contribution in [1.82, 2.24) is 14.3 Å². The van der Waals surface area contributed by atoms with Crippen LogP contribution in [-0.4, -0.2) is 53.0 Å². The third kappa shape index (κ3) is 3.90. The van der Waals surface area contributed by atoms with Crippen LogP contribution < -0.4 is 16.1 Å². The smallest absolute Gasteiger partial charge is 0.351 e. The van der Waals surface area contributed by atoms with Crippen molar-refractivity contribution >= 4 is 27.2 Å². The number of nitrogens with zero attached hydrogens (tertiary/aromatic N) is 2. The summed E-state index contributed by atoms with van der Waals surface area (Å²) in [5, 5.41) is 20.4. The highest BCUT2D eigenvalue weighted by Gasteiger charge is 2.44. The van der Waals surface area contributed by atoms with Gasteiger partial charge in [-0.1, -0.05) is 0 Å². The molecular weight excluding hydrogens is 396 g/mol. The van der Waals surface area contributed by atoms with Crippen molar-refractivity contribution < 1.29 is 23.4 Å². The maximum absolute atomic E-state index is 12.5. The highest BCUT2D eigenvalue weighted by Crippen LogP contribution is 2.29. The first kappa shape index (κ1) is 19.9. The summed E-state index contributed by atoms with van der Waals surface area (Å²) in [6.45, 7) is 3.23. The first-order valence-corrected chi connectivity index (χ1v) is 10.3. The van der Waals surface area contributed by atoms with Gasteiger partial charge in [0.15, 0.2) is 6.23 Å². The molecule has 1 saturated heterocycles. The minimum atomic E-state index is -3.80. The van der Waals surface area contributed by atoms with E-state index >= 15 is 0 Å². The monoisotopic (exact) mass is 416 g/mol. The van der Waals surface area contributed by atoms with E-state index in [2.05, 4.69) is 9.71 Å². The Morgan fingerprint density at radius 2 is 2.07 bits per heavy atom. The van der Waals surface area contributed by atoms with E-state index in [-0.39, 0.29) is 17.3 Å². The molecule has 1 aliphatic rings. The van der Waals surface area contributed by atoms with Crippen LogP contribution in [0.1, 0.15) is 16.0 Å².